The molecule has 1 N–H and O–H groups in total. The van der Waals surface area contributed by atoms with Crippen LogP contribution in [0.1, 0.15) is 16.1 Å². The fraction of sp³-hybridized carbons (Fsp3) is 0.273. The second-order valence-electron chi connectivity index (χ2n) is 3.63. The second-order valence-corrected chi connectivity index (χ2v) is 3.63. The smallest absolute Gasteiger partial charge is 0.272 e. The SMILES string of the molecule is O=C(NCc1ccoc1)c1ccn(CC(F)F)n1. The van der Waals surface area contributed by atoms with E-state index in [-0.39, 0.29) is 5.69 Å². The Morgan fingerprint density at radius 1 is 1.50 bits per heavy atom. The highest BCUT2D eigenvalue weighted by Crippen LogP contribution is 2.02. The Labute approximate surface area is 101 Å². The van der Waals surface area contributed by atoms with Crippen molar-refractivity contribution in [3.8, 4) is 0 Å². The molecule has 0 radical (unpaired) electrons. The molecule has 0 atom stereocenters. The maximum atomic E-state index is 12.1. The minimum absolute atomic E-state index is 0.110. The summed E-state index contributed by atoms with van der Waals surface area (Å²) in [6, 6.07) is 3.11. The summed E-state index contributed by atoms with van der Waals surface area (Å²) in [5.41, 5.74) is 0.925. The van der Waals surface area contributed by atoms with Crippen molar-refractivity contribution < 1.29 is 18.0 Å². The van der Waals surface area contributed by atoms with Crippen LogP contribution in [-0.4, -0.2) is 22.1 Å². The summed E-state index contributed by atoms with van der Waals surface area (Å²) in [5, 5.41) is 6.36. The minimum Gasteiger partial charge on any atom is -0.472 e. The number of aromatic nitrogens is 2. The van der Waals surface area contributed by atoms with E-state index in [1.807, 2.05) is 0 Å². The lowest BCUT2D eigenvalue weighted by Gasteiger charge is -2.01. The minimum atomic E-state index is -2.49. The summed E-state index contributed by atoms with van der Waals surface area (Å²) in [7, 11) is 0. The second kappa shape index (κ2) is 5.44. The van der Waals surface area contributed by atoms with Crippen LogP contribution in [0.4, 0.5) is 8.78 Å². The highest BCUT2D eigenvalue weighted by atomic mass is 19.3. The third-order valence-electron chi connectivity index (χ3n) is 2.23. The zero-order valence-corrected chi connectivity index (χ0v) is 9.35. The van der Waals surface area contributed by atoms with Crippen molar-refractivity contribution in [2.45, 2.75) is 19.5 Å². The molecule has 96 valence electrons. The van der Waals surface area contributed by atoms with E-state index in [1.54, 1.807) is 6.07 Å². The van der Waals surface area contributed by atoms with E-state index in [9.17, 15) is 13.6 Å². The molecule has 2 aromatic rings. The van der Waals surface area contributed by atoms with Gasteiger partial charge in [0.15, 0.2) is 0 Å². The van der Waals surface area contributed by atoms with Crippen molar-refractivity contribution in [1.82, 2.24) is 15.1 Å². The number of alkyl halides is 2. The average molecular weight is 255 g/mol. The van der Waals surface area contributed by atoms with E-state index in [0.29, 0.717) is 6.54 Å². The van der Waals surface area contributed by atoms with Crippen LogP contribution in [-0.2, 0) is 13.1 Å². The van der Waals surface area contributed by atoms with Crippen molar-refractivity contribution in [2.24, 2.45) is 0 Å². The average Bonchev–Trinajstić information content (AvgIpc) is 2.95. The van der Waals surface area contributed by atoms with Gasteiger partial charge in [-0.1, -0.05) is 0 Å². The lowest BCUT2D eigenvalue weighted by atomic mass is 10.3. The predicted octanol–water partition coefficient (Wildman–Crippen LogP) is 1.67. The maximum Gasteiger partial charge on any atom is 0.272 e. The molecule has 0 spiro atoms. The topological polar surface area (TPSA) is 60.1 Å². The standard InChI is InChI=1S/C11H11F2N3O2/c12-10(13)6-16-3-1-9(15-16)11(17)14-5-8-2-4-18-7-8/h1-4,7,10H,5-6H2,(H,14,17). The number of nitrogens with zero attached hydrogens (tertiary/aromatic N) is 2. The largest absolute Gasteiger partial charge is 0.472 e. The van der Waals surface area contributed by atoms with Crippen LogP contribution in [0.3, 0.4) is 0 Å². The van der Waals surface area contributed by atoms with E-state index in [1.165, 1.54) is 24.8 Å². The van der Waals surface area contributed by atoms with Gasteiger partial charge < -0.3 is 9.73 Å². The van der Waals surface area contributed by atoms with Crippen LogP contribution in [0.25, 0.3) is 0 Å². The first-order chi connectivity index (χ1) is 8.65. The molecule has 0 saturated carbocycles. The number of halogens is 2. The first kappa shape index (κ1) is 12.3. The van der Waals surface area contributed by atoms with E-state index in [0.717, 1.165) is 10.2 Å². The zero-order chi connectivity index (χ0) is 13.0. The molecule has 0 saturated heterocycles. The van der Waals surface area contributed by atoms with E-state index >= 15 is 0 Å². The molecule has 2 aromatic heterocycles. The third kappa shape index (κ3) is 3.16. The van der Waals surface area contributed by atoms with Gasteiger partial charge in [0.1, 0.15) is 12.2 Å². The monoisotopic (exact) mass is 255 g/mol. The van der Waals surface area contributed by atoms with Crippen molar-refractivity contribution in [1.29, 1.82) is 0 Å². The Bertz CT molecular complexity index is 508. The Balaban J connectivity index is 1.90. The number of carbonyl (C=O) groups is 1. The first-order valence-electron chi connectivity index (χ1n) is 5.26. The summed E-state index contributed by atoms with van der Waals surface area (Å²) in [4.78, 5) is 11.6. The molecule has 1 amide bonds. The molecule has 0 aliphatic heterocycles. The number of nitrogens with one attached hydrogen (secondary N) is 1. The van der Waals surface area contributed by atoms with Crippen LogP contribution in [0.15, 0.2) is 35.3 Å². The Kier molecular flexibility index (Phi) is 3.71. The molecule has 0 unspecified atom stereocenters. The van der Waals surface area contributed by atoms with E-state index < -0.39 is 18.9 Å². The van der Waals surface area contributed by atoms with Gasteiger partial charge in [0.25, 0.3) is 12.3 Å². The highest BCUT2D eigenvalue weighted by molar-refractivity contribution is 5.92. The van der Waals surface area contributed by atoms with Gasteiger partial charge in [0, 0.05) is 18.3 Å². The number of carbonyl (C=O) groups excluding carboxylic acids is 1. The molecular weight excluding hydrogens is 244 g/mol. The molecular formula is C11H11F2N3O2. The van der Waals surface area contributed by atoms with Crippen LogP contribution in [0.2, 0.25) is 0 Å². The van der Waals surface area contributed by atoms with Gasteiger partial charge in [-0.3, -0.25) is 9.48 Å². The third-order valence-corrected chi connectivity index (χ3v) is 2.23. The Morgan fingerprint density at radius 2 is 2.33 bits per heavy atom. The van der Waals surface area contributed by atoms with Crippen LogP contribution in [0, 0.1) is 0 Å². The van der Waals surface area contributed by atoms with Crippen molar-refractivity contribution in [3.05, 3.63) is 42.1 Å². The summed E-state index contributed by atoms with van der Waals surface area (Å²) < 4.78 is 30.1. The Hall–Kier alpha value is -2.18. The lowest BCUT2D eigenvalue weighted by molar-refractivity contribution is 0.0940. The fourth-order valence-corrected chi connectivity index (χ4v) is 1.39. The van der Waals surface area contributed by atoms with Crippen LogP contribution >= 0.6 is 0 Å². The molecule has 0 aromatic carbocycles. The molecule has 0 aliphatic carbocycles. The van der Waals surface area contributed by atoms with Gasteiger partial charge in [-0.05, 0) is 12.1 Å². The normalized spacial score (nSPS) is 10.8. The lowest BCUT2D eigenvalue weighted by Crippen LogP contribution is -2.23. The summed E-state index contributed by atoms with van der Waals surface area (Å²) in [6.45, 7) is -0.216. The molecule has 0 fully saturated rings. The van der Waals surface area contributed by atoms with Gasteiger partial charge in [-0.15, -0.1) is 0 Å². The maximum absolute atomic E-state index is 12.1. The van der Waals surface area contributed by atoms with Crippen molar-refractivity contribution in [2.75, 3.05) is 0 Å². The molecule has 2 rings (SSSR count). The number of furan rings is 1. The van der Waals surface area contributed by atoms with Crippen molar-refractivity contribution in [3.63, 3.8) is 0 Å². The number of amides is 1. The van der Waals surface area contributed by atoms with Gasteiger partial charge >= 0.3 is 0 Å². The highest BCUT2D eigenvalue weighted by Gasteiger charge is 2.11. The van der Waals surface area contributed by atoms with E-state index in [2.05, 4.69) is 10.4 Å². The molecule has 2 heterocycles. The first-order valence-corrected chi connectivity index (χ1v) is 5.26. The van der Waals surface area contributed by atoms with Gasteiger partial charge in [0.05, 0.1) is 12.5 Å². The molecule has 7 heteroatoms. The number of rotatable bonds is 5. The predicted molar refractivity (Wildman–Crippen MR) is 58.1 cm³/mol. The van der Waals surface area contributed by atoms with Crippen LogP contribution in [0.5, 0.6) is 0 Å². The molecule has 5 nitrogen and oxygen atoms in total. The van der Waals surface area contributed by atoms with Gasteiger partial charge in [0.2, 0.25) is 0 Å². The van der Waals surface area contributed by atoms with Crippen LogP contribution < -0.4 is 5.32 Å². The fourth-order valence-electron chi connectivity index (χ4n) is 1.39. The molecule has 0 aliphatic rings. The van der Waals surface area contributed by atoms with Crippen molar-refractivity contribution >= 4 is 5.91 Å². The molecule has 0 bridgehead atoms. The summed E-state index contributed by atoms with van der Waals surface area (Å²) in [5.74, 6) is -0.413. The van der Waals surface area contributed by atoms with E-state index in [4.69, 9.17) is 4.42 Å². The summed E-state index contributed by atoms with van der Waals surface area (Å²) in [6.07, 6.45) is 1.86. The quantitative estimate of drug-likeness (QED) is 0.884. The van der Waals surface area contributed by atoms with Gasteiger partial charge in [-0.25, -0.2) is 8.78 Å². The number of hydrogen-bond acceptors (Lipinski definition) is 3. The van der Waals surface area contributed by atoms with Gasteiger partial charge in [-0.2, -0.15) is 5.10 Å². The number of hydrogen-bond donors (Lipinski definition) is 1. The Morgan fingerprint density at radius 3 is 3.00 bits per heavy atom. The molecule has 18 heavy (non-hydrogen) atoms. The zero-order valence-electron chi connectivity index (χ0n) is 9.35. The summed E-state index contributed by atoms with van der Waals surface area (Å²) >= 11 is 0.